The van der Waals surface area contributed by atoms with E-state index in [-0.39, 0.29) is 37.5 Å². The Labute approximate surface area is 162 Å². The molecule has 6 nitrogen and oxygen atoms in total. The Morgan fingerprint density at radius 3 is 2.61 bits per heavy atom. The van der Waals surface area contributed by atoms with Crippen molar-refractivity contribution in [3.05, 3.63) is 47.0 Å². The van der Waals surface area contributed by atoms with E-state index >= 15 is 0 Å². The maximum atomic E-state index is 13.4. The largest absolute Gasteiger partial charge is 0.349 e. The van der Waals surface area contributed by atoms with E-state index in [2.05, 4.69) is 15.3 Å². The standard InChI is InChI=1S/C19H14F2N4O2S/c20-12-6-11(7-13(21)8-12)15-3-4-16-19(25-15)28-18(24-16)9-17(27)23-10-14(26)2-1-5-22/h3-4,6-8H,1-2,9-10H2,(H,23,27). The number of nitriles is 1. The van der Waals surface area contributed by atoms with E-state index in [1.807, 2.05) is 6.07 Å². The summed E-state index contributed by atoms with van der Waals surface area (Å²) in [5, 5.41) is 11.4. The van der Waals surface area contributed by atoms with Gasteiger partial charge in [-0.15, -0.1) is 0 Å². The third-order valence-electron chi connectivity index (χ3n) is 3.77. The van der Waals surface area contributed by atoms with Gasteiger partial charge in [-0.3, -0.25) is 9.59 Å². The van der Waals surface area contributed by atoms with E-state index in [9.17, 15) is 18.4 Å². The van der Waals surface area contributed by atoms with Gasteiger partial charge in [0.15, 0.2) is 5.78 Å². The molecular formula is C19H14F2N4O2S. The number of pyridine rings is 1. The normalized spacial score (nSPS) is 10.6. The highest BCUT2D eigenvalue weighted by Crippen LogP contribution is 2.26. The Bertz CT molecular complexity index is 1070. The van der Waals surface area contributed by atoms with Crippen LogP contribution < -0.4 is 5.32 Å². The van der Waals surface area contributed by atoms with Gasteiger partial charge in [-0.05, 0) is 24.3 Å². The Morgan fingerprint density at radius 1 is 1.14 bits per heavy atom. The fourth-order valence-electron chi connectivity index (χ4n) is 2.48. The Kier molecular flexibility index (Phi) is 6.01. The van der Waals surface area contributed by atoms with Crippen LogP contribution in [0.4, 0.5) is 8.78 Å². The molecule has 0 saturated carbocycles. The minimum atomic E-state index is -0.692. The van der Waals surface area contributed by atoms with Crippen molar-refractivity contribution in [1.29, 1.82) is 5.26 Å². The Hall–Kier alpha value is -3.25. The summed E-state index contributed by atoms with van der Waals surface area (Å²) in [6.45, 7) is -0.126. The lowest BCUT2D eigenvalue weighted by Crippen LogP contribution is -2.30. The monoisotopic (exact) mass is 400 g/mol. The fourth-order valence-corrected chi connectivity index (χ4v) is 3.41. The number of benzene rings is 1. The number of thiazole rings is 1. The predicted molar refractivity (Wildman–Crippen MR) is 99.3 cm³/mol. The highest BCUT2D eigenvalue weighted by Gasteiger charge is 2.13. The van der Waals surface area contributed by atoms with Crippen molar-refractivity contribution in [3.8, 4) is 17.3 Å². The summed E-state index contributed by atoms with van der Waals surface area (Å²) in [7, 11) is 0. The molecule has 0 unspecified atom stereocenters. The average Bonchev–Trinajstić information content (AvgIpc) is 3.05. The maximum Gasteiger partial charge on any atom is 0.227 e. The van der Waals surface area contributed by atoms with Gasteiger partial charge in [0.1, 0.15) is 27.0 Å². The van der Waals surface area contributed by atoms with Gasteiger partial charge in [0.05, 0.1) is 24.7 Å². The number of hydrogen-bond acceptors (Lipinski definition) is 6. The Morgan fingerprint density at radius 2 is 1.89 bits per heavy atom. The summed E-state index contributed by atoms with van der Waals surface area (Å²) < 4.78 is 26.8. The number of nitrogens with zero attached hydrogens (tertiary/aromatic N) is 3. The molecule has 3 aromatic rings. The lowest BCUT2D eigenvalue weighted by Gasteiger charge is -2.01. The minimum Gasteiger partial charge on any atom is -0.349 e. The lowest BCUT2D eigenvalue weighted by molar-refractivity contribution is -0.124. The van der Waals surface area contributed by atoms with Crippen LogP contribution in [0.2, 0.25) is 0 Å². The van der Waals surface area contributed by atoms with Crippen LogP contribution in [0.1, 0.15) is 17.8 Å². The maximum absolute atomic E-state index is 13.4. The van der Waals surface area contributed by atoms with Crippen molar-refractivity contribution in [2.45, 2.75) is 19.3 Å². The molecule has 0 bridgehead atoms. The average molecular weight is 400 g/mol. The van der Waals surface area contributed by atoms with Crippen molar-refractivity contribution in [2.75, 3.05) is 6.54 Å². The molecule has 9 heteroatoms. The molecule has 1 aromatic carbocycles. The number of carbonyl (C=O) groups excluding carboxylic acids is 2. The van der Waals surface area contributed by atoms with Crippen LogP contribution in [0, 0.1) is 23.0 Å². The third kappa shape index (κ3) is 4.92. The van der Waals surface area contributed by atoms with Crippen LogP contribution in [-0.4, -0.2) is 28.2 Å². The van der Waals surface area contributed by atoms with E-state index in [1.54, 1.807) is 12.1 Å². The number of amides is 1. The first-order valence-electron chi connectivity index (χ1n) is 8.33. The molecule has 28 heavy (non-hydrogen) atoms. The number of hydrogen-bond donors (Lipinski definition) is 1. The summed E-state index contributed by atoms with van der Waals surface area (Å²) in [6, 6.07) is 8.32. The van der Waals surface area contributed by atoms with Gasteiger partial charge in [0, 0.05) is 24.5 Å². The van der Waals surface area contributed by atoms with Gasteiger partial charge in [-0.1, -0.05) is 11.3 Å². The van der Waals surface area contributed by atoms with Crippen LogP contribution in [0.25, 0.3) is 21.6 Å². The molecule has 2 heterocycles. The second kappa shape index (κ2) is 8.63. The van der Waals surface area contributed by atoms with E-state index < -0.39 is 11.6 Å². The number of rotatable bonds is 7. The number of ketones is 1. The molecule has 0 aliphatic carbocycles. The quantitative estimate of drug-likeness (QED) is 0.657. The molecule has 0 saturated heterocycles. The van der Waals surface area contributed by atoms with Crippen LogP contribution in [0.5, 0.6) is 0 Å². The summed E-state index contributed by atoms with van der Waals surface area (Å²) in [6.07, 6.45) is 0.206. The molecule has 2 aromatic heterocycles. The molecule has 0 atom stereocenters. The van der Waals surface area contributed by atoms with Gasteiger partial charge in [-0.25, -0.2) is 18.7 Å². The van der Waals surface area contributed by atoms with Gasteiger partial charge < -0.3 is 5.32 Å². The van der Waals surface area contributed by atoms with Crippen molar-refractivity contribution in [3.63, 3.8) is 0 Å². The molecule has 142 valence electrons. The van der Waals surface area contributed by atoms with E-state index in [1.165, 1.54) is 23.5 Å². The first kappa shape index (κ1) is 19.5. The van der Waals surface area contributed by atoms with Gasteiger partial charge in [-0.2, -0.15) is 5.26 Å². The van der Waals surface area contributed by atoms with E-state index in [0.29, 0.717) is 26.6 Å². The number of aromatic nitrogens is 2. The molecular weight excluding hydrogens is 386 g/mol. The zero-order chi connectivity index (χ0) is 20.1. The molecule has 3 rings (SSSR count). The number of nitrogens with one attached hydrogen (secondary N) is 1. The summed E-state index contributed by atoms with van der Waals surface area (Å²) in [4.78, 5) is 32.7. The second-order valence-corrected chi connectivity index (χ2v) is 7.00. The van der Waals surface area contributed by atoms with Crippen molar-refractivity contribution < 1.29 is 18.4 Å². The SMILES string of the molecule is N#CCCC(=O)CNC(=O)Cc1nc2ccc(-c3cc(F)cc(F)c3)nc2s1. The van der Waals surface area contributed by atoms with Gasteiger partial charge in [0.25, 0.3) is 0 Å². The number of fused-ring (bicyclic) bond motifs is 1. The molecule has 0 spiro atoms. The van der Waals surface area contributed by atoms with Crippen molar-refractivity contribution in [1.82, 2.24) is 15.3 Å². The van der Waals surface area contributed by atoms with Crippen molar-refractivity contribution >= 4 is 33.4 Å². The second-order valence-electron chi connectivity index (χ2n) is 5.94. The van der Waals surface area contributed by atoms with Gasteiger partial charge in [0.2, 0.25) is 5.91 Å². The summed E-state index contributed by atoms with van der Waals surface area (Å²) in [5.74, 6) is -1.96. The molecule has 0 aliphatic rings. The first-order chi connectivity index (χ1) is 13.4. The highest BCUT2D eigenvalue weighted by molar-refractivity contribution is 7.18. The van der Waals surface area contributed by atoms with Crippen LogP contribution in [0.3, 0.4) is 0 Å². The first-order valence-corrected chi connectivity index (χ1v) is 9.14. The third-order valence-corrected chi connectivity index (χ3v) is 4.73. The minimum absolute atomic E-state index is 0.0174. The summed E-state index contributed by atoms with van der Waals surface area (Å²) in [5.41, 5.74) is 1.27. The van der Waals surface area contributed by atoms with Gasteiger partial charge >= 0.3 is 0 Å². The number of carbonyl (C=O) groups is 2. The predicted octanol–water partition coefficient (Wildman–Crippen LogP) is 3.17. The van der Waals surface area contributed by atoms with Crippen LogP contribution in [0.15, 0.2) is 30.3 Å². The highest BCUT2D eigenvalue weighted by atomic mass is 32.1. The molecule has 0 radical (unpaired) electrons. The smallest absolute Gasteiger partial charge is 0.227 e. The van der Waals surface area contributed by atoms with E-state index in [4.69, 9.17) is 5.26 Å². The summed E-state index contributed by atoms with van der Waals surface area (Å²) >= 11 is 1.19. The van der Waals surface area contributed by atoms with E-state index in [0.717, 1.165) is 6.07 Å². The molecule has 0 aliphatic heterocycles. The van der Waals surface area contributed by atoms with Crippen LogP contribution in [-0.2, 0) is 16.0 Å². The van der Waals surface area contributed by atoms with Crippen molar-refractivity contribution in [2.24, 2.45) is 0 Å². The molecule has 1 N–H and O–H groups in total. The molecule has 1 amide bonds. The lowest BCUT2D eigenvalue weighted by atomic mass is 10.1. The fraction of sp³-hybridized carbons (Fsp3) is 0.211. The number of Topliss-reactive ketones (excluding diaryl/α,β-unsaturated/α-hetero) is 1. The zero-order valence-corrected chi connectivity index (χ0v) is 15.4. The topological polar surface area (TPSA) is 95.7 Å². The van der Waals surface area contributed by atoms with Crippen LogP contribution >= 0.6 is 11.3 Å². The zero-order valence-electron chi connectivity index (χ0n) is 14.5. The molecule has 0 fully saturated rings. The number of halogens is 2. The Balaban J connectivity index is 1.70.